The zero-order valence-electron chi connectivity index (χ0n) is 10.0. The predicted octanol–water partition coefficient (Wildman–Crippen LogP) is 3.02. The Kier molecular flexibility index (Phi) is 3.94. The average Bonchev–Trinajstić information content (AvgIpc) is 2.89. The van der Waals surface area contributed by atoms with E-state index in [0.717, 1.165) is 12.1 Å². The van der Waals surface area contributed by atoms with Gasteiger partial charge in [0.1, 0.15) is 5.82 Å². The maximum absolute atomic E-state index is 11.0. The number of nitrogens with zero attached hydrogens (tertiary/aromatic N) is 1. The number of carboxylic acid groups (broad SMARTS) is 1. The summed E-state index contributed by atoms with van der Waals surface area (Å²) >= 11 is 1.66. The van der Waals surface area contributed by atoms with E-state index in [1.807, 2.05) is 24.4 Å². The molecule has 4 nitrogen and oxygen atoms in total. The van der Waals surface area contributed by atoms with Gasteiger partial charge in [0.05, 0.1) is 12.1 Å². The number of hydrogen-bond donors (Lipinski definition) is 2. The lowest BCUT2D eigenvalue weighted by Gasteiger charge is -2.07. The van der Waals surface area contributed by atoms with Crippen LogP contribution >= 0.6 is 11.3 Å². The van der Waals surface area contributed by atoms with Crippen molar-refractivity contribution in [3.05, 3.63) is 45.8 Å². The van der Waals surface area contributed by atoms with Gasteiger partial charge in [0.2, 0.25) is 0 Å². The van der Waals surface area contributed by atoms with Crippen molar-refractivity contribution in [1.82, 2.24) is 4.98 Å². The molecule has 0 atom stereocenters. The molecule has 18 heavy (non-hydrogen) atoms. The van der Waals surface area contributed by atoms with Gasteiger partial charge >= 0.3 is 5.97 Å². The number of carboxylic acids is 1. The summed E-state index contributed by atoms with van der Waals surface area (Å²) in [5, 5.41) is 14.2. The minimum Gasteiger partial charge on any atom is -0.478 e. The van der Waals surface area contributed by atoms with Gasteiger partial charge in [-0.05, 0) is 30.0 Å². The molecule has 0 aliphatic rings. The number of carbonyl (C=O) groups is 1. The van der Waals surface area contributed by atoms with Crippen molar-refractivity contribution in [3.63, 3.8) is 0 Å². The first-order valence-electron chi connectivity index (χ1n) is 5.69. The Hall–Kier alpha value is -1.88. The van der Waals surface area contributed by atoms with Crippen molar-refractivity contribution in [2.75, 3.05) is 5.32 Å². The number of thiophene rings is 1. The van der Waals surface area contributed by atoms with Crippen LogP contribution in [-0.4, -0.2) is 16.1 Å². The Morgan fingerprint density at radius 3 is 2.94 bits per heavy atom. The lowest BCUT2D eigenvalue weighted by atomic mass is 10.2. The molecular formula is C13H14N2O2S. The van der Waals surface area contributed by atoms with Crippen LogP contribution < -0.4 is 5.32 Å². The van der Waals surface area contributed by atoms with Crippen LogP contribution in [-0.2, 0) is 13.0 Å². The third-order valence-electron chi connectivity index (χ3n) is 2.51. The lowest BCUT2D eigenvalue weighted by Crippen LogP contribution is -2.05. The van der Waals surface area contributed by atoms with Gasteiger partial charge in [-0.2, -0.15) is 0 Å². The molecule has 2 heterocycles. The van der Waals surface area contributed by atoms with Crippen molar-refractivity contribution in [2.45, 2.75) is 19.9 Å². The normalized spacial score (nSPS) is 10.3. The molecule has 0 spiro atoms. The van der Waals surface area contributed by atoms with E-state index in [0.29, 0.717) is 12.4 Å². The van der Waals surface area contributed by atoms with E-state index < -0.39 is 5.97 Å². The highest BCUT2D eigenvalue weighted by Gasteiger charge is 2.07. The number of rotatable bonds is 5. The summed E-state index contributed by atoms with van der Waals surface area (Å²) < 4.78 is 0. The number of aryl methyl sites for hydroxylation is 1. The van der Waals surface area contributed by atoms with Gasteiger partial charge in [-0.15, -0.1) is 11.3 Å². The zero-order chi connectivity index (χ0) is 13.0. The molecule has 94 valence electrons. The summed E-state index contributed by atoms with van der Waals surface area (Å²) in [6.45, 7) is 2.62. The highest BCUT2D eigenvalue weighted by molar-refractivity contribution is 7.09. The smallest absolute Gasteiger partial charge is 0.335 e. The molecule has 0 saturated carbocycles. The largest absolute Gasteiger partial charge is 0.478 e. The van der Waals surface area contributed by atoms with E-state index in [-0.39, 0.29) is 5.56 Å². The van der Waals surface area contributed by atoms with Crippen molar-refractivity contribution >= 4 is 23.1 Å². The summed E-state index contributed by atoms with van der Waals surface area (Å²) in [5.41, 5.74) is 1.05. The van der Waals surface area contributed by atoms with Crippen molar-refractivity contribution in [3.8, 4) is 0 Å². The van der Waals surface area contributed by atoms with E-state index in [4.69, 9.17) is 5.11 Å². The highest BCUT2D eigenvalue weighted by Crippen LogP contribution is 2.14. The fourth-order valence-electron chi connectivity index (χ4n) is 1.57. The Morgan fingerprint density at radius 2 is 2.33 bits per heavy atom. The van der Waals surface area contributed by atoms with Crippen molar-refractivity contribution in [1.29, 1.82) is 0 Å². The SMILES string of the molecule is CCc1cc(C(=O)O)cc(NCc2cccs2)n1. The van der Waals surface area contributed by atoms with E-state index in [1.165, 1.54) is 4.88 Å². The Bertz CT molecular complexity index is 538. The first kappa shape index (κ1) is 12.6. The highest BCUT2D eigenvalue weighted by atomic mass is 32.1. The quantitative estimate of drug-likeness (QED) is 0.869. The predicted molar refractivity (Wildman–Crippen MR) is 72.2 cm³/mol. The fraction of sp³-hybridized carbons (Fsp3) is 0.231. The number of aromatic nitrogens is 1. The van der Waals surface area contributed by atoms with Crippen LogP contribution in [0.5, 0.6) is 0 Å². The van der Waals surface area contributed by atoms with Crippen molar-refractivity contribution in [2.24, 2.45) is 0 Å². The number of nitrogens with one attached hydrogen (secondary N) is 1. The molecule has 0 aliphatic heterocycles. The number of hydrogen-bond acceptors (Lipinski definition) is 4. The molecule has 2 N–H and O–H groups in total. The topological polar surface area (TPSA) is 62.2 Å². The molecule has 0 aromatic carbocycles. The van der Waals surface area contributed by atoms with Crippen LogP contribution in [0.4, 0.5) is 5.82 Å². The third-order valence-corrected chi connectivity index (χ3v) is 3.39. The first-order valence-corrected chi connectivity index (χ1v) is 6.57. The van der Waals surface area contributed by atoms with Crippen LogP contribution in [0.15, 0.2) is 29.6 Å². The van der Waals surface area contributed by atoms with Crippen molar-refractivity contribution < 1.29 is 9.90 Å². The molecule has 0 fully saturated rings. The second kappa shape index (κ2) is 5.64. The van der Waals surface area contributed by atoms with E-state index in [9.17, 15) is 4.79 Å². The van der Waals surface area contributed by atoms with Gasteiger partial charge in [-0.25, -0.2) is 9.78 Å². The summed E-state index contributed by atoms with van der Waals surface area (Å²) in [5.74, 6) is -0.313. The fourth-order valence-corrected chi connectivity index (χ4v) is 2.22. The molecule has 2 aromatic heterocycles. The van der Waals surface area contributed by atoms with Crippen LogP contribution in [0.1, 0.15) is 27.9 Å². The molecule has 5 heteroatoms. The third kappa shape index (κ3) is 3.07. The van der Waals surface area contributed by atoms with Gasteiger partial charge in [-0.1, -0.05) is 13.0 Å². The van der Waals surface area contributed by atoms with Crippen LogP contribution in [0.25, 0.3) is 0 Å². The van der Waals surface area contributed by atoms with Crippen LogP contribution in [0, 0.1) is 0 Å². The van der Waals surface area contributed by atoms with Gasteiger partial charge in [0.25, 0.3) is 0 Å². The van der Waals surface area contributed by atoms with E-state index in [2.05, 4.69) is 10.3 Å². The van der Waals surface area contributed by atoms with Gasteiger partial charge in [0, 0.05) is 10.6 Å². The number of aromatic carboxylic acids is 1. The monoisotopic (exact) mass is 262 g/mol. The molecule has 0 amide bonds. The molecule has 0 aliphatic carbocycles. The molecule has 0 radical (unpaired) electrons. The summed E-state index contributed by atoms with van der Waals surface area (Å²) in [7, 11) is 0. The van der Waals surface area contributed by atoms with Gasteiger partial charge in [0.15, 0.2) is 0 Å². The molecule has 0 bridgehead atoms. The van der Waals surface area contributed by atoms with Crippen LogP contribution in [0.3, 0.4) is 0 Å². The van der Waals surface area contributed by atoms with Crippen LogP contribution in [0.2, 0.25) is 0 Å². The molecule has 2 aromatic rings. The standard InChI is InChI=1S/C13H14N2O2S/c1-2-10-6-9(13(16)17)7-12(15-10)14-8-11-4-3-5-18-11/h3-7H,2,8H2,1H3,(H,14,15)(H,16,17). The molecule has 2 rings (SSSR count). The Morgan fingerprint density at radius 1 is 1.50 bits per heavy atom. The maximum Gasteiger partial charge on any atom is 0.335 e. The lowest BCUT2D eigenvalue weighted by molar-refractivity contribution is 0.0696. The average molecular weight is 262 g/mol. The number of pyridine rings is 1. The summed E-state index contributed by atoms with van der Waals surface area (Å²) in [6.07, 6.45) is 0.717. The summed E-state index contributed by atoms with van der Waals surface area (Å²) in [4.78, 5) is 16.6. The van der Waals surface area contributed by atoms with E-state index >= 15 is 0 Å². The molecule has 0 unspecified atom stereocenters. The second-order valence-electron chi connectivity index (χ2n) is 3.82. The Balaban J connectivity index is 2.16. The molecule has 0 saturated heterocycles. The van der Waals surface area contributed by atoms with Gasteiger partial charge < -0.3 is 10.4 Å². The second-order valence-corrected chi connectivity index (χ2v) is 4.86. The maximum atomic E-state index is 11.0. The summed E-state index contributed by atoms with van der Waals surface area (Å²) in [6, 6.07) is 7.19. The minimum atomic E-state index is -0.925. The number of anilines is 1. The zero-order valence-corrected chi connectivity index (χ0v) is 10.8. The van der Waals surface area contributed by atoms with Gasteiger partial charge in [-0.3, -0.25) is 0 Å². The van der Waals surface area contributed by atoms with E-state index in [1.54, 1.807) is 23.5 Å². The minimum absolute atomic E-state index is 0.274. The first-order chi connectivity index (χ1) is 8.69. The Labute approximate surface area is 109 Å². The molecular weight excluding hydrogens is 248 g/mol.